The van der Waals surface area contributed by atoms with E-state index >= 15 is 0 Å². The lowest BCUT2D eigenvalue weighted by molar-refractivity contribution is 0.0554. The molecule has 0 aliphatic rings. The standard InChI is InChI=1S/C6H5NO4/c1-10-6(9)5-2-4(3-8)7-11-5/h2-3H,1H3. The van der Waals surface area contributed by atoms with Gasteiger partial charge in [-0.1, -0.05) is 5.16 Å². The molecule has 0 amide bonds. The SMILES string of the molecule is COC(=O)c1cc(C=O)no1. The Morgan fingerprint density at radius 3 is 3.00 bits per heavy atom. The van der Waals surface area contributed by atoms with Gasteiger partial charge in [-0.15, -0.1) is 0 Å². The molecule has 0 atom stereocenters. The molecule has 0 unspecified atom stereocenters. The number of hydrogen-bond donors (Lipinski definition) is 0. The van der Waals surface area contributed by atoms with Crippen LogP contribution < -0.4 is 0 Å². The molecule has 5 nitrogen and oxygen atoms in total. The van der Waals surface area contributed by atoms with Gasteiger partial charge in [0.2, 0.25) is 5.76 Å². The molecule has 0 spiro atoms. The molecule has 0 bridgehead atoms. The zero-order valence-electron chi connectivity index (χ0n) is 5.73. The first-order valence-corrected chi connectivity index (χ1v) is 2.78. The fourth-order valence-electron chi connectivity index (χ4n) is 0.541. The number of hydrogen-bond acceptors (Lipinski definition) is 5. The van der Waals surface area contributed by atoms with Gasteiger partial charge in [0.05, 0.1) is 7.11 Å². The highest BCUT2D eigenvalue weighted by Gasteiger charge is 2.11. The summed E-state index contributed by atoms with van der Waals surface area (Å²) < 4.78 is 8.76. The fourth-order valence-corrected chi connectivity index (χ4v) is 0.541. The van der Waals surface area contributed by atoms with E-state index in [-0.39, 0.29) is 11.5 Å². The Morgan fingerprint density at radius 2 is 2.55 bits per heavy atom. The van der Waals surface area contributed by atoms with Gasteiger partial charge in [0.1, 0.15) is 5.69 Å². The van der Waals surface area contributed by atoms with Crippen molar-refractivity contribution in [2.24, 2.45) is 0 Å². The number of esters is 1. The first-order valence-electron chi connectivity index (χ1n) is 2.78. The number of carbonyl (C=O) groups excluding carboxylic acids is 2. The molecular formula is C6H5NO4. The van der Waals surface area contributed by atoms with Crippen molar-refractivity contribution in [2.75, 3.05) is 7.11 Å². The van der Waals surface area contributed by atoms with Crippen molar-refractivity contribution in [3.05, 3.63) is 17.5 Å². The lowest BCUT2D eigenvalue weighted by Gasteiger charge is -1.88. The van der Waals surface area contributed by atoms with Crippen LogP contribution in [-0.2, 0) is 4.74 Å². The number of nitrogens with zero attached hydrogens (tertiary/aromatic N) is 1. The molecule has 1 rings (SSSR count). The third-order valence-corrected chi connectivity index (χ3v) is 1.04. The van der Waals surface area contributed by atoms with E-state index in [0.29, 0.717) is 6.29 Å². The number of rotatable bonds is 2. The van der Waals surface area contributed by atoms with Crippen LogP contribution in [0.5, 0.6) is 0 Å². The smallest absolute Gasteiger partial charge is 0.376 e. The van der Waals surface area contributed by atoms with Crippen LogP contribution in [0.15, 0.2) is 10.6 Å². The van der Waals surface area contributed by atoms with Gasteiger partial charge >= 0.3 is 5.97 Å². The van der Waals surface area contributed by atoms with Gasteiger partial charge in [0.25, 0.3) is 0 Å². The molecule has 0 saturated carbocycles. The third-order valence-electron chi connectivity index (χ3n) is 1.04. The summed E-state index contributed by atoms with van der Waals surface area (Å²) in [4.78, 5) is 20.7. The lowest BCUT2D eigenvalue weighted by Crippen LogP contribution is -1.98. The topological polar surface area (TPSA) is 69.4 Å². The van der Waals surface area contributed by atoms with Gasteiger partial charge in [-0.2, -0.15) is 0 Å². The Balaban J connectivity index is 2.88. The Bertz CT molecular complexity index is 278. The van der Waals surface area contributed by atoms with Gasteiger partial charge in [0.15, 0.2) is 6.29 Å². The molecular weight excluding hydrogens is 150 g/mol. The predicted octanol–water partition coefficient (Wildman–Crippen LogP) is 0.274. The molecule has 1 heterocycles. The minimum atomic E-state index is -0.648. The highest BCUT2D eigenvalue weighted by molar-refractivity contribution is 5.87. The molecule has 0 N–H and O–H groups in total. The van der Waals surface area contributed by atoms with Crippen LogP contribution in [-0.4, -0.2) is 24.5 Å². The summed E-state index contributed by atoms with van der Waals surface area (Å²) in [5.41, 5.74) is 0.0744. The van der Waals surface area contributed by atoms with Crippen LogP contribution >= 0.6 is 0 Å². The zero-order chi connectivity index (χ0) is 8.27. The number of carbonyl (C=O) groups is 2. The summed E-state index contributed by atoms with van der Waals surface area (Å²) in [6.07, 6.45) is 0.482. The maximum absolute atomic E-state index is 10.7. The molecule has 0 aromatic carbocycles. The van der Waals surface area contributed by atoms with Crippen molar-refractivity contribution < 1.29 is 18.8 Å². The largest absolute Gasteiger partial charge is 0.463 e. The van der Waals surface area contributed by atoms with Crippen LogP contribution in [0.1, 0.15) is 21.0 Å². The molecule has 0 fully saturated rings. The molecule has 0 aliphatic heterocycles. The van der Waals surface area contributed by atoms with Gasteiger partial charge in [-0.25, -0.2) is 4.79 Å². The predicted molar refractivity (Wildman–Crippen MR) is 33.2 cm³/mol. The summed E-state index contributed by atoms with van der Waals surface area (Å²) in [6, 6.07) is 1.21. The van der Waals surface area contributed by atoms with Crippen LogP contribution in [0.4, 0.5) is 0 Å². The van der Waals surface area contributed by atoms with Crippen LogP contribution in [0, 0.1) is 0 Å². The molecule has 0 aliphatic carbocycles. The number of ether oxygens (including phenoxy) is 1. The second-order valence-corrected chi connectivity index (χ2v) is 1.73. The van der Waals surface area contributed by atoms with E-state index < -0.39 is 5.97 Å². The minimum Gasteiger partial charge on any atom is -0.463 e. The highest BCUT2D eigenvalue weighted by Crippen LogP contribution is 2.02. The quantitative estimate of drug-likeness (QED) is 0.453. The molecule has 1 aromatic rings. The van der Waals surface area contributed by atoms with Crippen molar-refractivity contribution in [3.8, 4) is 0 Å². The van der Waals surface area contributed by atoms with Gasteiger partial charge < -0.3 is 9.26 Å². The molecule has 11 heavy (non-hydrogen) atoms. The number of methoxy groups -OCH3 is 1. The fraction of sp³-hybridized carbons (Fsp3) is 0.167. The van der Waals surface area contributed by atoms with Crippen molar-refractivity contribution in [1.82, 2.24) is 5.16 Å². The van der Waals surface area contributed by atoms with Crippen molar-refractivity contribution in [3.63, 3.8) is 0 Å². The Hall–Kier alpha value is -1.65. The number of aromatic nitrogens is 1. The second kappa shape index (κ2) is 2.96. The summed E-state index contributed by atoms with van der Waals surface area (Å²) in [5.74, 6) is -0.722. The van der Waals surface area contributed by atoms with E-state index in [1.54, 1.807) is 0 Å². The summed E-state index contributed by atoms with van der Waals surface area (Å²) in [6.45, 7) is 0. The van der Waals surface area contributed by atoms with E-state index in [2.05, 4.69) is 14.4 Å². The lowest BCUT2D eigenvalue weighted by atomic mass is 10.4. The minimum absolute atomic E-state index is 0.0744. The molecule has 0 radical (unpaired) electrons. The van der Waals surface area contributed by atoms with Gasteiger partial charge in [-0.3, -0.25) is 4.79 Å². The maximum Gasteiger partial charge on any atom is 0.376 e. The normalized spacial score (nSPS) is 9.18. The van der Waals surface area contributed by atoms with E-state index in [4.69, 9.17) is 0 Å². The molecule has 0 saturated heterocycles. The second-order valence-electron chi connectivity index (χ2n) is 1.73. The van der Waals surface area contributed by atoms with Gasteiger partial charge in [0, 0.05) is 6.07 Å². The monoisotopic (exact) mass is 155 g/mol. The molecule has 1 aromatic heterocycles. The maximum atomic E-state index is 10.7. The van der Waals surface area contributed by atoms with E-state index in [1.165, 1.54) is 13.2 Å². The third kappa shape index (κ3) is 1.43. The van der Waals surface area contributed by atoms with Crippen LogP contribution in [0.25, 0.3) is 0 Å². The first-order chi connectivity index (χ1) is 5.27. The molecule has 58 valence electrons. The first kappa shape index (κ1) is 7.46. The van der Waals surface area contributed by atoms with Crippen LogP contribution in [0.3, 0.4) is 0 Å². The van der Waals surface area contributed by atoms with Gasteiger partial charge in [-0.05, 0) is 0 Å². The number of aldehydes is 1. The Kier molecular flexibility index (Phi) is 2.00. The van der Waals surface area contributed by atoms with E-state index in [0.717, 1.165) is 0 Å². The highest BCUT2D eigenvalue weighted by atomic mass is 16.5. The average Bonchev–Trinajstić information content (AvgIpc) is 2.50. The van der Waals surface area contributed by atoms with Crippen LogP contribution in [0.2, 0.25) is 0 Å². The Labute approximate surface area is 61.9 Å². The van der Waals surface area contributed by atoms with E-state index in [1.807, 2.05) is 0 Å². The zero-order valence-corrected chi connectivity index (χ0v) is 5.73. The van der Waals surface area contributed by atoms with Crippen molar-refractivity contribution in [2.45, 2.75) is 0 Å². The summed E-state index contributed by atoms with van der Waals surface area (Å²) in [7, 11) is 1.21. The van der Waals surface area contributed by atoms with E-state index in [9.17, 15) is 9.59 Å². The Morgan fingerprint density at radius 1 is 1.82 bits per heavy atom. The average molecular weight is 155 g/mol. The molecule has 5 heteroatoms. The summed E-state index contributed by atoms with van der Waals surface area (Å²) in [5, 5.41) is 3.26. The van der Waals surface area contributed by atoms with Crippen molar-refractivity contribution >= 4 is 12.3 Å². The summed E-state index contributed by atoms with van der Waals surface area (Å²) >= 11 is 0. The van der Waals surface area contributed by atoms with Crippen molar-refractivity contribution in [1.29, 1.82) is 0 Å².